The van der Waals surface area contributed by atoms with E-state index in [1.54, 1.807) is 53.0 Å². The number of hydrogen-bond acceptors (Lipinski definition) is 15. The molecule has 3 amide bonds. The number of fused-ring (bicyclic) bond motifs is 2. The van der Waals surface area contributed by atoms with Gasteiger partial charge < -0.3 is 40.1 Å². The second kappa shape index (κ2) is 18.9. The number of hydrogen-bond donors (Lipinski definition) is 4. The van der Waals surface area contributed by atoms with Crippen LogP contribution in [-0.4, -0.2) is 93.1 Å². The van der Waals surface area contributed by atoms with Crippen molar-refractivity contribution in [3.8, 4) is 0 Å². The van der Waals surface area contributed by atoms with Crippen LogP contribution in [0.5, 0.6) is 0 Å². The van der Waals surface area contributed by atoms with Crippen LogP contribution in [-0.2, 0) is 48.7 Å². The number of nitrogen functional groups attached to an aromatic ring is 1. The summed E-state index contributed by atoms with van der Waals surface area (Å²) < 4.78 is 57.2. The number of nitrogens with one attached hydrogen (secondary N) is 3. The number of carbonyl (C=O) groups excluding carboxylic acids is 3. The van der Waals surface area contributed by atoms with Crippen LogP contribution in [0.1, 0.15) is 85.9 Å². The quantitative estimate of drug-likeness (QED) is 0.0963. The van der Waals surface area contributed by atoms with Gasteiger partial charge >= 0.3 is 19.9 Å². The van der Waals surface area contributed by atoms with Crippen LogP contribution < -0.4 is 21.5 Å². The Balaban J connectivity index is 1.20. The van der Waals surface area contributed by atoms with E-state index in [9.17, 15) is 18.9 Å². The number of carbonyl (C=O) groups is 3. The number of ether oxygens (including phenoxy) is 5. The molecule has 1 unspecified atom stereocenters. The summed E-state index contributed by atoms with van der Waals surface area (Å²) in [5.74, 6) is -2.02. The molecule has 0 bridgehead atoms. The van der Waals surface area contributed by atoms with E-state index < -0.39 is 73.7 Å². The number of nitrogens with zero attached hydrogens (tertiary/aromatic N) is 4. The molecule has 3 aromatic rings. The maximum atomic E-state index is 14.4. The topological polar surface area (TPSA) is 239 Å². The molecule has 1 aromatic carbocycles. The summed E-state index contributed by atoms with van der Waals surface area (Å²) in [5.41, 5.74) is 6.89. The largest absolute Gasteiger partial charge is 0.445 e. The monoisotopic (exact) mass is 818 g/mol. The SMILES string of the molecule is CC(C)[C@H](NC(=O)OC(C)(C)C)C(=O)NP(=O)(OCCCCCCNC(=O)OCc1ccccc1)OC[C@H]1O[C@@H](n2cnc3c(N)ncnc32)[C@@H]2OC(C)(C)O[C@@H]21. The average Bonchev–Trinajstić information content (AvgIpc) is 3.80. The molecule has 57 heavy (non-hydrogen) atoms. The van der Waals surface area contributed by atoms with Crippen molar-refractivity contribution in [2.24, 2.45) is 5.92 Å². The molecule has 2 aliphatic heterocycles. The summed E-state index contributed by atoms with van der Waals surface area (Å²) in [6.45, 7) is 12.3. The molecule has 314 valence electrons. The van der Waals surface area contributed by atoms with Crippen LogP contribution in [0.25, 0.3) is 11.2 Å². The van der Waals surface area contributed by atoms with Crippen LogP contribution in [0.4, 0.5) is 15.4 Å². The van der Waals surface area contributed by atoms with E-state index in [1.807, 2.05) is 30.3 Å². The lowest BCUT2D eigenvalue weighted by molar-refractivity contribution is -0.199. The van der Waals surface area contributed by atoms with Crippen molar-refractivity contribution < 1.29 is 51.7 Å². The van der Waals surface area contributed by atoms with Gasteiger partial charge in [0.05, 0.1) is 19.5 Å². The highest BCUT2D eigenvalue weighted by Crippen LogP contribution is 2.48. The first kappa shape index (κ1) is 43.7. The van der Waals surface area contributed by atoms with E-state index >= 15 is 0 Å². The number of unbranched alkanes of at least 4 members (excludes halogenated alkanes) is 3. The highest BCUT2D eigenvalue weighted by Gasteiger charge is 2.56. The molecule has 2 saturated heterocycles. The van der Waals surface area contributed by atoms with Gasteiger partial charge in [-0.05, 0) is 58.9 Å². The van der Waals surface area contributed by atoms with E-state index in [1.165, 1.54) is 12.7 Å². The van der Waals surface area contributed by atoms with Crippen molar-refractivity contribution in [2.75, 3.05) is 25.5 Å². The van der Waals surface area contributed by atoms with Crippen molar-refractivity contribution in [1.82, 2.24) is 35.2 Å². The maximum Gasteiger partial charge on any atom is 0.435 e. The van der Waals surface area contributed by atoms with Gasteiger partial charge in [0.1, 0.15) is 48.4 Å². The molecule has 5 rings (SSSR count). The molecular formula is C37H55N8O11P. The number of alkyl carbamates (subject to hydrolysis) is 2. The minimum absolute atomic E-state index is 0.0368. The summed E-state index contributed by atoms with van der Waals surface area (Å²) in [5, 5.41) is 7.72. The zero-order chi connectivity index (χ0) is 41.4. The third-order valence-electron chi connectivity index (χ3n) is 8.88. The fraction of sp³-hybridized carbons (Fsp3) is 0.622. The predicted molar refractivity (Wildman–Crippen MR) is 206 cm³/mol. The van der Waals surface area contributed by atoms with Gasteiger partial charge in [-0.15, -0.1) is 0 Å². The molecule has 2 fully saturated rings. The van der Waals surface area contributed by atoms with Gasteiger partial charge in [-0.1, -0.05) is 57.0 Å². The number of rotatable bonds is 18. The summed E-state index contributed by atoms with van der Waals surface area (Å²) in [4.78, 5) is 51.0. The molecule has 4 heterocycles. The van der Waals surface area contributed by atoms with Gasteiger partial charge in [0, 0.05) is 6.54 Å². The van der Waals surface area contributed by atoms with E-state index in [0.29, 0.717) is 37.0 Å². The second-order valence-electron chi connectivity index (χ2n) is 15.6. The third-order valence-corrected chi connectivity index (χ3v) is 10.4. The van der Waals surface area contributed by atoms with E-state index in [0.717, 1.165) is 12.0 Å². The minimum Gasteiger partial charge on any atom is -0.445 e. The summed E-state index contributed by atoms with van der Waals surface area (Å²) in [6, 6.07) is 8.25. The first-order valence-electron chi connectivity index (χ1n) is 19.0. The number of imidazole rings is 1. The molecular weight excluding hydrogens is 763 g/mol. The Labute approximate surface area is 332 Å². The Morgan fingerprint density at radius 2 is 1.70 bits per heavy atom. The van der Waals surface area contributed by atoms with Crippen LogP contribution in [0, 0.1) is 5.92 Å². The van der Waals surface area contributed by atoms with Crippen molar-refractivity contribution >= 4 is 42.8 Å². The Bertz CT molecular complexity index is 1870. The number of amides is 3. The number of nitrogens with two attached hydrogens (primary N) is 1. The van der Waals surface area contributed by atoms with Crippen molar-refractivity contribution in [3.05, 3.63) is 48.5 Å². The van der Waals surface area contributed by atoms with Gasteiger partial charge in [0.25, 0.3) is 5.91 Å². The smallest absolute Gasteiger partial charge is 0.435 e. The van der Waals surface area contributed by atoms with E-state index in [2.05, 4.69) is 30.7 Å². The van der Waals surface area contributed by atoms with Gasteiger partial charge in [-0.25, -0.2) is 29.1 Å². The third kappa shape index (κ3) is 12.3. The van der Waals surface area contributed by atoms with E-state index in [-0.39, 0.29) is 25.6 Å². The minimum atomic E-state index is -4.41. The lowest BCUT2D eigenvalue weighted by Crippen LogP contribution is -2.50. The zero-order valence-corrected chi connectivity index (χ0v) is 34.4. The Kier molecular flexibility index (Phi) is 14.5. The van der Waals surface area contributed by atoms with E-state index in [4.69, 9.17) is 38.5 Å². The number of benzene rings is 1. The molecule has 0 aliphatic carbocycles. The molecule has 0 spiro atoms. The van der Waals surface area contributed by atoms with Crippen LogP contribution in [0.3, 0.4) is 0 Å². The fourth-order valence-corrected chi connectivity index (χ4v) is 7.58. The number of aromatic nitrogens is 4. The van der Waals surface area contributed by atoms with Gasteiger partial charge in [0.2, 0.25) is 0 Å². The summed E-state index contributed by atoms with van der Waals surface area (Å²) in [6.07, 6.45) is 1.05. The van der Waals surface area contributed by atoms with Crippen LogP contribution in [0.2, 0.25) is 0 Å². The lowest BCUT2D eigenvalue weighted by Gasteiger charge is -2.28. The standard InChI is InChI=1S/C37H55N8O11P/c1-23(2)26(43-35(48)56-36(3,4)5)32(46)44-57(49,51-18-14-9-8-13-17-39-34(47)50-19-24-15-11-10-12-16-24)52-20-25-28-29(55-37(6,7)54-28)33(53-25)45-22-42-27-30(38)40-21-41-31(27)45/h10-12,15-16,21-23,25-26,28-29,33H,8-9,13-14,17-20H2,1-7H3,(H,39,47)(H,43,48)(H2,38,40,41)(H,44,46,49)/t25-,26+,28-,29-,33-,57?/m1/s1. The van der Waals surface area contributed by atoms with Gasteiger partial charge in [-0.3, -0.25) is 23.5 Å². The lowest BCUT2D eigenvalue weighted by atomic mass is 10.0. The predicted octanol–water partition coefficient (Wildman–Crippen LogP) is 5.12. The Hall–Kier alpha value is -4.39. The number of anilines is 1. The Morgan fingerprint density at radius 1 is 0.982 bits per heavy atom. The first-order chi connectivity index (χ1) is 26.9. The normalized spacial score (nSPS) is 21.8. The molecule has 0 saturated carbocycles. The first-order valence-corrected chi connectivity index (χ1v) is 20.6. The molecule has 20 heteroatoms. The van der Waals surface area contributed by atoms with Crippen molar-refractivity contribution in [3.63, 3.8) is 0 Å². The van der Waals surface area contributed by atoms with Gasteiger partial charge in [0.15, 0.2) is 23.5 Å². The maximum absolute atomic E-state index is 14.4. The molecule has 6 atom stereocenters. The summed E-state index contributed by atoms with van der Waals surface area (Å²) in [7, 11) is -4.41. The highest BCUT2D eigenvalue weighted by molar-refractivity contribution is 7.52. The fourth-order valence-electron chi connectivity index (χ4n) is 6.25. The molecule has 19 nitrogen and oxygen atoms in total. The second-order valence-corrected chi connectivity index (χ2v) is 17.3. The van der Waals surface area contributed by atoms with Crippen LogP contribution >= 0.6 is 7.75 Å². The average molecular weight is 819 g/mol. The summed E-state index contributed by atoms with van der Waals surface area (Å²) >= 11 is 0. The van der Waals surface area contributed by atoms with Crippen molar-refractivity contribution in [2.45, 2.75) is 123 Å². The van der Waals surface area contributed by atoms with Crippen molar-refractivity contribution in [1.29, 1.82) is 0 Å². The molecule has 5 N–H and O–H groups in total. The Morgan fingerprint density at radius 3 is 2.42 bits per heavy atom. The molecule has 0 radical (unpaired) electrons. The van der Waals surface area contributed by atoms with Crippen LogP contribution in [0.15, 0.2) is 43.0 Å². The zero-order valence-electron chi connectivity index (χ0n) is 33.5. The molecule has 2 aromatic heterocycles. The molecule has 2 aliphatic rings. The van der Waals surface area contributed by atoms with Gasteiger partial charge in [-0.2, -0.15) is 0 Å². The highest BCUT2D eigenvalue weighted by atomic mass is 31.2.